The maximum Gasteiger partial charge on any atom is 0.240 e. The Bertz CT molecular complexity index is 726. The van der Waals surface area contributed by atoms with Crippen molar-refractivity contribution in [1.82, 2.24) is 5.32 Å². The molecule has 2 aliphatic rings. The maximum atomic E-state index is 12.2. The molecule has 1 aromatic rings. The van der Waals surface area contributed by atoms with Crippen molar-refractivity contribution in [2.24, 2.45) is 4.99 Å². The number of amides is 2. The lowest BCUT2D eigenvalue weighted by Crippen LogP contribution is -2.28. The number of carbonyl (C=O) groups excluding carboxylic acids is 3. The number of anilines is 1. The number of amidine groups is 1. The summed E-state index contributed by atoms with van der Waals surface area (Å²) in [6.07, 6.45) is 4.58. The van der Waals surface area contributed by atoms with Crippen LogP contribution in [0.3, 0.4) is 0 Å². The summed E-state index contributed by atoms with van der Waals surface area (Å²) in [5.74, 6) is -0.487. The summed E-state index contributed by atoms with van der Waals surface area (Å²) < 4.78 is 0. The number of hydrogen-bond acceptors (Lipinski definition) is 5. The molecule has 0 radical (unpaired) electrons. The van der Waals surface area contributed by atoms with Gasteiger partial charge in [-0.2, -0.15) is 0 Å². The number of aliphatic imine (C=N–C) groups is 1. The fourth-order valence-corrected chi connectivity index (χ4v) is 4.04. The average Bonchev–Trinajstić information content (AvgIpc) is 3.18. The van der Waals surface area contributed by atoms with E-state index in [9.17, 15) is 14.4 Å². The molecule has 2 amide bonds. The number of hydrogen-bond donors (Lipinski definition) is 2. The predicted octanol–water partition coefficient (Wildman–Crippen LogP) is 2.75. The number of Topliss-reactive ketones (excluding diaryl/α,β-unsaturated/α-hetero) is 1. The Kier molecular flexibility index (Phi) is 5.53. The summed E-state index contributed by atoms with van der Waals surface area (Å²) in [5, 5.41) is 5.69. The Balaban J connectivity index is 1.56. The molecule has 2 N–H and O–H groups in total. The number of rotatable bonds is 5. The largest absolute Gasteiger partial charge is 0.326 e. The van der Waals surface area contributed by atoms with Crippen molar-refractivity contribution in [3.05, 3.63) is 29.8 Å². The number of ketones is 1. The lowest BCUT2D eigenvalue weighted by atomic mass is 10.1. The summed E-state index contributed by atoms with van der Waals surface area (Å²) in [6.45, 7) is 1.48. The van der Waals surface area contributed by atoms with Crippen molar-refractivity contribution < 1.29 is 14.4 Å². The van der Waals surface area contributed by atoms with E-state index in [1.54, 1.807) is 24.3 Å². The molecule has 0 aromatic heterocycles. The van der Waals surface area contributed by atoms with Gasteiger partial charge in [0.05, 0.1) is 6.04 Å². The van der Waals surface area contributed by atoms with Crippen molar-refractivity contribution in [3.8, 4) is 0 Å². The summed E-state index contributed by atoms with van der Waals surface area (Å²) in [5.41, 5.74) is 1.10. The Labute approximate surface area is 150 Å². The first kappa shape index (κ1) is 17.7. The van der Waals surface area contributed by atoms with Crippen LogP contribution in [-0.4, -0.2) is 34.1 Å². The molecule has 1 atom stereocenters. The molecule has 0 spiro atoms. The minimum Gasteiger partial charge on any atom is -0.326 e. The van der Waals surface area contributed by atoms with E-state index in [0.29, 0.717) is 22.5 Å². The first-order chi connectivity index (χ1) is 12.0. The van der Waals surface area contributed by atoms with E-state index < -0.39 is 5.25 Å². The van der Waals surface area contributed by atoms with Crippen LogP contribution in [0.2, 0.25) is 0 Å². The van der Waals surface area contributed by atoms with Crippen molar-refractivity contribution in [1.29, 1.82) is 0 Å². The van der Waals surface area contributed by atoms with Crippen LogP contribution in [0.5, 0.6) is 0 Å². The predicted molar refractivity (Wildman–Crippen MR) is 98.9 cm³/mol. The second-order valence-electron chi connectivity index (χ2n) is 6.36. The Morgan fingerprint density at radius 3 is 2.80 bits per heavy atom. The van der Waals surface area contributed by atoms with Gasteiger partial charge in [-0.3, -0.25) is 19.4 Å². The van der Waals surface area contributed by atoms with Crippen LogP contribution in [0.1, 0.15) is 49.4 Å². The zero-order valence-corrected chi connectivity index (χ0v) is 14.9. The van der Waals surface area contributed by atoms with Gasteiger partial charge in [0.15, 0.2) is 11.0 Å². The standard InChI is InChI=1S/C18H21N3O3S/c1-11(22)12-5-4-8-14(9-12)19-16(23)10-15-17(24)21-18(25-15)20-13-6-2-3-7-13/h4-5,8-9,13,15H,2-3,6-7,10H2,1H3,(H,19,23)(H,20,21,24). The van der Waals surface area contributed by atoms with E-state index in [1.807, 2.05) is 0 Å². The van der Waals surface area contributed by atoms with Gasteiger partial charge in [0.2, 0.25) is 11.8 Å². The van der Waals surface area contributed by atoms with Crippen LogP contribution < -0.4 is 10.6 Å². The summed E-state index contributed by atoms with van der Waals surface area (Å²) in [6, 6.07) is 7.07. The highest BCUT2D eigenvalue weighted by Gasteiger charge is 2.32. The number of thioether (sulfide) groups is 1. The minimum atomic E-state index is -0.462. The van der Waals surface area contributed by atoms with Crippen LogP contribution in [0.15, 0.2) is 29.3 Å². The fourth-order valence-electron chi connectivity index (χ4n) is 3.00. The first-order valence-electron chi connectivity index (χ1n) is 8.47. The van der Waals surface area contributed by atoms with Crippen molar-refractivity contribution >= 4 is 40.2 Å². The van der Waals surface area contributed by atoms with E-state index in [1.165, 1.54) is 31.5 Å². The van der Waals surface area contributed by atoms with E-state index in [-0.39, 0.29) is 24.0 Å². The monoisotopic (exact) mass is 359 g/mol. The molecule has 132 valence electrons. The SMILES string of the molecule is CC(=O)c1cccc(NC(=O)CC2SC(=NC3CCCC3)NC2=O)c1. The van der Waals surface area contributed by atoms with Crippen LogP contribution in [-0.2, 0) is 9.59 Å². The summed E-state index contributed by atoms with van der Waals surface area (Å²) >= 11 is 1.33. The van der Waals surface area contributed by atoms with Gasteiger partial charge in [0.1, 0.15) is 5.25 Å². The van der Waals surface area contributed by atoms with Gasteiger partial charge in [-0.25, -0.2) is 0 Å². The Hall–Kier alpha value is -2.15. The Morgan fingerprint density at radius 2 is 2.08 bits per heavy atom. The third kappa shape index (κ3) is 4.69. The highest BCUT2D eigenvalue weighted by Crippen LogP contribution is 2.27. The molecule has 1 saturated heterocycles. The lowest BCUT2D eigenvalue weighted by molar-refractivity contribution is -0.122. The molecular weight excluding hydrogens is 338 g/mol. The summed E-state index contributed by atoms with van der Waals surface area (Å²) in [4.78, 5) is 40.2. The van der Waals surface area contributed by atoms with Crippen molar-refractivity contribution in [3.63, 3.8) is 0 Å². The molecule has 7 heteroatoms. The topological polar surface area (TPSA) is 87.6 Å². The number of nitrogens with zero attached hydrogens (tertiary/aromatic N) is 1. The van der Waals surface area contributed by atoms with Crippen LogP contribution in [0, 0.1) is 0 Å². The molecule has 1 saturated carbocycles. The maximum absolute atomic E-state index is 12.2. The first-order valence-corrected chi connectivity index (χ1v) is 9.35. The molecule has 0 bridgehead atoms. The zero-order chi connectivity index (χ0) is 17.8. The molecule has 1 unspecified atom stereocenters. The highest BCUT2D eigenvalue weighted by molar-refractivity contribution is 8.15. The van der Waals surface area contributed by atoms with E-state index in [4.69, 9.17) is 0 Å². The molecule has 1 aromatic carbocycles. The van der Waals surface area contributed by atoms with Gasteiger partial charge >= 0.3 is 0 Å². The molecule has 3 rings (SSSR count). The van der Waals surface area contributed by atoms with E-state index in [2.05, 4.69) is 15.6 Å². The molecule has 6 nitrogen and oxygen atoms in total. The third-order valence-corrected chi connectivity index (χ3v) is 5.42. The van der Waals surface area contributed by atoms with E-state index in [0.717, 1.165) is 12.8 Å². The normalized spacial score (nSPS) is 22.2. The fraction of sp³-hybridized carbons (Fsp3) is 0.444. The molecule has 1 aliphatic carbocycles. The second-order valence-corrected chi connectivity index (χ2v) is 7.55. The highest BCUT2D eigenvalue weighted by atomic mass is 32.2. The number of carbonyl (C=O) groups is 3. The third-order valence-electron chi connectivity index (χ3n) is 4.32. The van der Waals surface area contributed by atoms with Crippen molar-refractivity contribution in [2.45, 2.75) is 50.3 Å². The Morgan fingerprint density at radius 1 is 1.32 bits per heavy atom. The quantitative estimate of drug-likeness (QED) is 0.791. The van der Waals surface area contributed by atoms with Crippen LogP contribution in [0.4, 0.5) is 5.69 Å². The minimum absolute atomic E-state index is 0.0606. The van der Waals surface area contributed by atoms with Crippen molar-refractivity contribution in [2.75, 3.05) is 5.32 Å². The smallest absolute Gasteiger partial charge is 0.240 e. The van der Waals surface area contributed by atoms with Gasteiger partial charge < -0.3 is 10.6 Å². The van der Waals surface area contributed by atoms with Gasteiger partial charge in [-0.05, 0) is 31.9 Å². The second kappa shape index (κ2) is 7.82. The molecule has 1 aliphatic heterocycles. The van der Waals surface area contributed by atoms with E-state index >= 15 is 0 Å². The van der Waals surface area contributed by atoms with Crippen LogP contribution >= 0.6 is 11.8 Å². The van der Waals surface area contributed by atoms with Gasteiger partial charge in [0, 0.05) is 17.7 Å². The van der Waals surface area contributed by atoms with Gasteiger partial charge in [-0.15, -0.1) is 0 Å². The lowest BCUT2D eigenvalue weighted by Gasteiger charge is -2.08. The van der Waals surface area contributed by atoms with Crippen LogP contribution in [0.25, 0.3) is 0 Å². The molecule has 2 fully saturated rings. The zero-order valence-electron chi connectivity index (χ0n) is 14.1. The van der Waals surface area contributed by atoms with Gasteiger partial charge in [0.25, 0.3) is 0 Å². The molecule has 1 heterocycles. The molecule has 25 heavy (non-hydrogen) atoms. The summed E-state index contributed by atoms with van der Waals surface area (Å²) in [7, 11) is 0. The average molecular weight is 359 g/mol. The molecular formula is C18H21N3O3S. The number of benzene rings is 1. The number of nitrogens with one attached hydrogen (secondary N) is 2. The van der Waals surface area contributed by atoms with Gasteiger partial charge in [-0.1, -0.05) is 36.7 Å².